The summed E-state index contributed by atoms with van der Waals surface area (Å²) in [7, 11) is 0. The van der Waals surface area contributed by atoms with Gasteiger partial charge in [-0.1, -0.05) is 48.5 Å². The number of hydrogen-bond acceptors (Lipinski definition) is 5. The third-order valence-corrected chi connectivity index (χ3v) is 6.62. The lowest BCUT2D eigenvalue weighted by Gasteiger charge is -2.45. The van der Waals surface area contributed by atoms with Crippen molar-refractivity contribution in [2.75, 3.05) is 6.61 Å². The van der Waals surface area contributed by atoms with Crippen LogP contribution >= 0.6 is 0 Å². The molecule has 1 spiro atoms. The van der Waals surface area contributed by atoms with Gasteiger partial charge in [0.2, 0.25) is 5.78 Å². The molecule has 3 heterocycles. The summed E-state index contributed by atoms with van der Waals surface area (Å²) >= 11 is 0. The largest absolute Gasteiger partial charge is 0.488 e. The lowest BCUT2D eigenvalue weighted by atomic mass is 9.61. The monoisotopic (exact) mass is 408 g/mol. The van der Waals surface area contributed by atoms with Gasteiger partial charge in [-0.15, -0.1) is 0 Å². The van der Waals surface area contributed by atoms with E-state index >= 15 is 0 Å². The van der Waals surface area contributed by atoms with E-state index in [9.17, 15) is 14.7 Å². The fraction of sp³-hybridized carbons (Fsp3) is 0.440. The molecule has 158 valence electrons. The summed E-state index contributed by atoms with van der Waals surface area (Å²) in [6, 6.07) is 0. The maximum atomic E-state index is 13.8. The van der Waals surface area contributed by atoms with Crippen molar-refractivity contribution < 1.29 is 24.2 Å². The highest BCUT2D eigenvalue weighted by atomic mass is 16.6. The summed E-state index contributed by atoms with van der Waals surface area (Å²) in [5, 5.41) is 10.3. The summed E-state index contributed by atoms with van der Waals surface area (Å²) in [4.78, 5) is 26.7. The molecule has 1 fully saturated rings. The Morgan fingerprint density at radius 1 is 1.13 bits per heavy atom. The molecule has 5 rings (SSSR count). The van der Waals surface area contributed by atoms with Crippen molar-refractivity contribution in [1.82, 2.24) is 0 Å². The van der Waals surface area contributed by atoms with E-state index in [1.165, 1.54) is 0 Å². The Kier molecular flexibility index (Phi) is 4.97. The van der Waals surface area contributed by atoms with Gasteiger partial charge >= 0.3 is 5.97 Å². The third-order valence-electron chi connectivity index (χ3n) is 6.62. The maximum Gasteiger partial charge on any atom is 0.346 e. The van der Waals surface area contributed by atoms with Crippen molar-refractivity contribution in [2.45, 2.75) is 52.2 Å². The highest BCUT2D eigenvalue weighted by Gasteiger charge is 2.64. The lowest BCUT2D eigenvalue weighted by molar-refractivity contribution is -0.162. The first-order valence-electron chi connectivity index (χ1n) is 10.4. The van der Waals surface area contributed by atoms with Crippen molar-refractivity contribution in [1.29, 1.82) is 0 Å². The van der Waals surface area contributed by atoms with E-state index in [4.69, 9.17) is 9.47 Å². The molecule has 5 heteroatoms. The topological polar surface area (TPSA) is 72.8 Å². The Morgan fingerprint density at radius 2 is 1.90 bits per heavy atom. The highest BCUT2D eigenvalue weighted by Crippen LogP contribution is 2.53. The number of esters is 1. The van der Waals surface area contributed by atoms with E-state index in [1.807, 2.05) is 39.0 Å². The Balaban J connectivity index is 1.95. The van der Waals surface area contributed by atoms with Crippen LogP contribution in [0.4, 0.5) is 0 Å². The van der Waals surface area contributed by atoms with Crippen LogP contribution in [0.3, 0.4) is 0 Å². The Labute approximate surface area is 177 Å². The fourth-order valence-corrected chi connectivity index (χ4v) is 4.88. The van der Waals surface area contributed by atoms with Crippen LogP contribution in [0, 0.1) is 11.3 Å². The normalized spacial score (nSPS) is 40.8. The minimum Gasteiger partial charge on any atom is -0.488 e. The van der Waals surface area contributed by atoms with E-state index in [1.54, 1.807) is 18.2 Å². The highest BCUT2D eigenvalue weighted by molar-refractivity contribution is 6.26. The average Bonchev–Trinajstić information content (AvgIpc) is 2.91. The summed E-state index contributed by atoms with van der Waals surface area (Å²) < 4.78 is 11.7. The van der Waals surface area contributed by atoms with E-state index in [-0.39, 0.29) is 29.6 Å². The van der Waals surface area contributed by atoms with Gasteiger partial charge < -0.3 is 14.6 Å². The number of ether oxygens (including phenoxy) is 2. The van der Waals surface area contributed by atoms with Crippen LogP contribution in [0.2, 0.25) is 0 Å². The minimum atomic E-state index is -1.30. The molecule has 4 atom stereocenters. The van der Waals surface area contributed by atoms with Crippen LogP contribution in [0.15, 0.2) is 70.6 Å². The van der Waals surface area contributed by atoms with Gasteiger partial charge in [-0.05, 0) is 50.8 Å². The molecule has 1 N–H and O–H groups in total. The fourth-order valence-electron chi connectivity index (χ4n) is 4.88. The van der Waals surface area contributed by atoms with Gasteiger partial charge in [0.1, 0.15) is 17.9 Å². The third kappa shape index (κ3) is 3.21. The SMILES string of the molecule is CC1=CC2(C)/C=C(C)/C=C\CC(O)/C=C3/C=CC(=C4C(=O)OC2(CC1C)C4=O)OC3. The smallest absolute Gasteiger partial charge is 0.346 e. The van der Waals surface area contributed by atoms with E-state index < -0.39 is 23.1 Å². The molecular formula is C25H28O5. The van der Waals surface area contributed by atoms with Crippen LogP contribution in [0.5, 0.6) is 0 Å². The number of rotatable bonds is 0. The predicted octanol–water partition coefficient (Wildman–Crippen LogP) is 3.88. The molecule has 5 nitrogen and oxygen atoms in total. The molecule has 3 aliphatic heterocycles. The zero-order valence-corrected chi connectivity index (χ0v) is 17.9. The number of ketones is 1. The molecule has 5 aliphatic rings. The van der Waals surface area contributed by atoms with Crippen molar-refractivity contribution >= 4 is 11.8 Å². The van der Waals surface area contributed by atoms with Gasteiger partial charge in [0.15, 0.2) is 5.60 Å². The second kappa shape index (κ2) is 7.24. The van der Waals surface area contributed by atoms with Crippen molar-refractivity contribution in [2.24, 2.45) is 11.3 Å². The van der Waals surface area contributed by atoms with Crippen LogP contribution in [-0.2, 0) is 19.1 Å². The lowest BCUT2D eigenvalue weighted by Crippen LogP contribution is -2.53. The van der Waals surface area contributed by atoms with Crippen LogP contribution in [0.25, 0.3) is 0 Å². The Hall–Kier alpha value is -2.66. The van der Waals surface area contributed by atoms with Crippen LogP contribution in [0.1, 0.15) is 40.5 Å². The van der Waals surface area contributed by atoms with Gasteiger partial charge in [0, 0.05) is 6.42 Å². The predicted molar refractivity (Wildman–Crippen MR) is 113 cm³/mol. The standard InChI is InChI=1S/C25H28O5/c1-15-6-5-7-19(26)10-18-8-9-20(29-14-18)21-22(27)25(30-23(21)28)13-17(3)16(2)12-24(25,4)11-15/h5-6,8-12,17,19,26H,7,13-14H2,1-4H3/b6-5-,15-11+,18-10-,21-20?. The Bertz CT molecular complexity index is 989. The molecule has 0 aromatic heterocycles. The number of Topliss-reactive ketones (excluding diaryl/α,β-unsaturated/α-hetero) is 1. The molecule has 4 bridgehead atoms. The van der Waals surface area contributed by atoms with Crippen molar-refractivity contribution in [3.8, 4) is 0 Å². The number of carbonyl (C=O) groups is 2. The first-order chi connectivity index (χ1) is 14.1. The Morgan fingerprint density at radius 3 is 2.60 bits per heavy atom. The molecule has 30 heavy (non-hydrogen) atoms. The number of fused-ring (bicyclic) bond motifs is 5. The maximum absolute atomic E-state index is 13.8. The zero-order valence-electron chi connectivity index (χ0n) is 17.9. The number of hydrogen-bond donors (Lipinski definition) is 1. The number of allylic oxidation sites excluding steroid dienone is 4. The second-order valence-corrected chi connectivity index (χ2v) is 9.02. The molecule has 0 amide bonds. The van der Waals surface area contributed by atoms with Crippen molar-refractivity contribution in [3.05, 3.63) is 70.6 Å². The van der Waals surface area contributed by atoms with Gasteiger partial charge in [-0.25, -0.2) is 4.79 Å². The minimum absolute atomic E-state index is 0.0197. The summed E-state index contributed by atoms with van der Waals surface area (Å²) in [6.07, 6.45) is 13.3. The second-order valence-electron chi connectivity index (χ2n) is 9.02. The first kappa shape index (κ1) is 20.6. The summed E-state index contributed by atoms with van der Waals surface area (Å²) in [6.45, 7) is 8.19. The molecule has 4 unspecified atom stereocenters. The summed E-state index contributed by atoms with van der Waals surface area (Å²) in [5.74, 6) is -0.603. The summed E-state index contributed by atoms with van der Waals surface area (Å²) in [5.41, 5.74) is 0.782. The van der Waals surface area contributed by atoms with Gasteiger partial charge in [0.25, 0.3) is 0 Å². The number of carbonyl (C=O) groups excluding carboxylic acids is 2. The molecule has 0 saturated carbocycles. The first-order valence-corrected chi connectivity index (χ1v) is 10.4. The quantitative estimate of drug-likeness (QED) is 0.374. The molecule has 0 radical (unpaired) electrons. The van der Waals surface area contributed by atoms with E-state index in [0.717, 1.165) is 16.7 Å². The molecule has 0 aromatic carbocycles. The average molecular weight is 408 g/mol. The number of aliphatic hydroxyl groups is 1. The van der Waals surface area contributed by atoms with Gasteiger partial charge in [0.05, 0.1) is 11.5 Å². The van der Waals surface area contributed by atoms with Gasteiger partial charge in [-0.3, -0.25) is 4.79 Å². The molecular weight excluding hydrogens is 380 g/mol. The van der Waals surface area contributed by atoms with Crippen LogP contribution in [-0.4, -0.2) is 35.2 Å². The van der Waals surface area contributed by atoms with Crippen LogP contribution < -0.4 is 0 Å². The van der Waals surface area contributed by atoms with E-state index in [2.05, 4.69) is 13.0 Å². The number of aliphatic hydroxyl groups excluding tert-OH is 1. The van der Waals surface area contributed by atoms with Gasteiger partial charge in [-0.2, -0.15) is 0 Å². The molecule has 0 aromatic rings. The zero-order chi connectivity index (χ0) is 21.7. The molecule has 2 aliphatic carbocycles. The molecule has 1 saturated heterocycles. The van der Waals surface area contributed by atoms with E-state index in [0.29, 0.717) is 12.8 Å². The van der Waals surface area contributed by atoms with Crippen molar-refractivity contribution in [3.63, 3.8) is 0 Å².